The summed E-state index contributed by atoms with van der Waals surface area (Å²) in [5.74, 6) is 0.138. The lowest BCUT2D eigenvalue weighted by atomic mass is 10.0. The Morgan fingerprint density at radius 3 is 2.66 bits per heavy atom. The van der Waals surface area contributed by atoms with Crippen LogP contribution in [0.2, 0.25) is 0 Å². The van der Waals surface area contributed by atoms with Crippen LogP contribution in [0.1, 0.15) is 5.56 Å². The highest BCUT2D eigenvalue weighted by atomic mass is 32.1. The van der Waals surface area contributed by atoms with Crippen molar-refractivity contribution in [2.24, 2.45) is 5.73 Å². The van der Waals surface area contributed by atoms with E-state index < -0.39 is 4.92 Å². The lowest BCUT2D eigenvalue weighted by molar-refractivity contribution is -0.385. The summed E-state index contributed by atoms with van der Waals surface area (Å²) in [5.41, 5.74) is 7.77. The predicted molar refractivity (Wildman–Crippen MR) is 113 cm³/mol. The molecule has 0 saturated carbocycles. The van der Waals surface area contributed by atoms with Gasteiger partial charge in [0.25, 0.3) is 0 Å². The molecule has 144 valence electrons. The van der Waals surface area contributed by atoms with E-state index in [1.54, 1.807) is 16.9 Å². The highest BCUT2D eigenvalue weighted by Crippen LogP contribution is 2.34. The maximum atomic E-state index is 11.4. The monoisotopic (exact) mass is 405 g/mol. The summed E-state index contributed by atoms with van der Waals surface area (Å²) in [7, 11) is 1.36. The van der Waals surface area contributed by atoms with E-state index in [4.69, 9.17) is 22.7 Å². The maximum Gasteiger partial charge on any atom is 0.311 e. The van der Waals surface area contributed by atoms with Crippen LogP contribution < -0.4 is 10.5 Å². The van der Waals surface area contributed by atoms with Gasteiger partial charge in [0, 0.05) is 23.4 Å². The molecule has 29 heavy (non-hydrogen) atoms. The van der Waals surface area contributed by atoms with Gasteiger partial charge >= 0.3 is 5.69 Å². The standard InChI is InChI=1S/C20H15N5O3S/c1-28-18-8-7-13(10-17(18)25(26)27)19-15(9-14(11-21)20(22)29)12-24(23-19)16-5-3-2-4-6-16/h2-10,12H,1H3,(H2,22,29). The molecule has 0 aliphatic heterocycles. The lowest BCUT2D eigenvalue weighted by Gasteiger charge is -2.04. The van der Waals surface area contributed by atoms with Gasteiger partial charge in [-0.3, -0.25) is 10.1 Å². The molecule has 0 unspecified atom stereocenters. The number of thiocarbonyl (C=S) groups is 1. The fraction of sp³-hybridized carbons (Fsp3) is 0.0500. The van der Waals surface area contributed by atoms with Gasteiger partial charge in [0.2, 0.25) is 0 Å². The van der Waals surface area contributed by atoms with Gasteiger partial charge in [-0.1, -0.05) is 30.4 Å². The zero-order chi connectivity index (χ0) is 21.0. The van der Waals surface area contributed by atoms with Crippen LogP contribution in [0, 0.1) is 21.4 Å². The van der Waals surface area contributed by atoms with Gasteiger partial charge in [0.15, 0.2) is 5.75 Å². The first-order chi connectivity index (χ1) is 13.9. The Kier molecular flexibility index (Phi) is 5.66. The molecule has 0 saturated heterocycles. The summed E-state index contributed by atoms with van der Waals surface area (Å²) in [4.78, 5) is 10.8. The fourth-order valence-electron chi connectivity index (χ4n) is 2.72. The lowest BCUT2D eigenvalue weighted by Crippen LogP contribution is -2.09. The van der Waals surface area contributed by atoms with Gasteiger partial charge in [0.05, 0.1) is 23.3 Å². The van der Waals surface area contributed by atoms with Crippen LogP contribution in [-0.2, 0) is 0 Å². The molecule has 3 aromatic rings. The molecule has 9 heteroatoms. The second-order valence-electron chi connectivity index (χ2n) is 5.89. The smallest absolute Gasteiger partial charge is 0.311 e. The molecule has 3 rings (SSSR count). The normalized spacial score (nSPS) is 11.0. The van der Waals surface area contributed by atoms with Crippen LogP contribution in [0.25, 0.3) is 23.0 Å². The Labute approximate surface area is 171 Å². The average molecular weight is 405 g/mol. The van der Waals surface area contributed by atoms with Gasteiger partial charge in [-0.05, 0) is 30.3 Å². The minimum absolute atomic E-state index is 0.0494. The van der Waals surface area contributed by atoms with Crippen LogP contribution in [0.5, 0.6) is 5.75 Å². The molecular formula is C20H15N5O3S. The number of rotatable bonds is 6. The number of nitrogens with two attached hydrogens (primary N) is 1. The Hall–Kier alpha value is -4.03. The van der Waals surface area contributed by atoms with Crippen molar-refractivity contribution in [3.8, 4) is 28.8 Å². The van der Waals surface area contributed by atoms with Gasteiger partial charge in [-0.2, -0.15) is 10.4 Å². The summed E-state index contributed by atoms with van der Waals surface area (Å²) in [5, 5.41) is 25.3. The van der Waals surface area contributed by atoms with Crippen LogP contribution in [0.4, 0.5) is 5.69 Å². The highest BCUT2D eigenvalue weighted by Gasteiger charge is 2.19. The molecule has 0 aliphatic carbocycles. The van der Waals surface area contributed by atoms with E-state index in [2.05, 4.69) is 5.10 Å². The molecule has 0 aliphatic rings. The van der Waals surface area contributed by atoms with Gasteiger partial charge in [0.1, 0.15) is 16.8 Å². The molecule has 0 radical (unpaired) electrons. The second kappa shape index (κ2) is 8.33. The van der Waals surface area contributed by atoms with E-state index in [9.17, 15) is 15.4 Å². The zero-order valence-corrected chi connectivity index (χ0v) is 16.1. The Morgan fingerprint density at radius 2 is 2.07 bits per heavy atom. The molecule has 0 fully saturated rings. The first-order valence-electron chi connectivity index (χ1n) is 8.34. The van der Waals surface area contributed by atoms with Crippen molar-refractivity contribution in [2.75, 3.05) is 7.11 Å². The SMILES string of the molecule is COc1ccc(-c2nn(-c3ccccc3)cc2C=C(C#N)C(N)=S)cc1[N+](=O)[O-]. The highest BCUT2D eigenvalue weighted by molar-refractivity contribution is 7.80. The molecule has 1 heterocycles. The van der Waals surface area contributed by atoms with E-state index >= 15 is 0 Å². The number of aromatic nitrogens is 2. The molecule has 1 aromatic heterocycles. The molecule has 2 N–H and O–H groups in total. The predicted octanol–water partition coefficient (Wildman–Crippen LogP) is 3.65. The van der Waals surface area contributed by atoms with Crippen molar-refractivity contribution in [3.05, 3.63) is 76.0 Å². The molecule has 0 bridgehead atoms. The fourth-order valence-corrected chi connectivity index (χ4v) is 2.83. The third kappa shape index (κ3) is 4.12. The maximum absolute atomic E-state index is 11.4. The van der Waals surface area contributed by atoms with Gasteiger partial charge in [-0.15, -0.1) is 0 Å². The number of hydrogen-bond donors (Lipinski definition) is 1. The number of para-hydroxylation sites is 1. The Bertz CT molecular complexity index is 1160. The molecule has 0 spiro atoms. The average Bonchev–Trinajstić information content (AvgIpc) is 3.15. The Morgan fingerprint density at radius 1 is 1.34 bits per heavy atom. The van der Waals surface area contributed by atoms with E-state index in [0.717, 1.165) is 5.69 Å². The second-order valence-corrected chi connectivity index (χ2v) is 6.33. The number of nitrogens with zero attached hydrogens (tertiary/aromatic N) is 4. The molecule has 8 nitrogen and oxygen atoms in total. The largest absolute Gasteiger partial charge is 0.490 e. The van der Waals surface area contributed by atoms with E-state index in [0.29, 0.717) is 16.8 Å². The number of nitriles is 1. The molecular weight excluding hydrogens is 390 g/mol. The third-order valence-corrected chi connectivity index (χ3v) is 4.32. The number of nitro groups is 1. The van der Waals surface area contributed by atoms with Gasteiger partial charge < -0.3 is 10.5 Å². The number of hydrogen-bond acceptors (Lipinski definition) is 6. The summed E-state index contributed by atoms with van der Waals surface area (Å²) in [6.45, 7) is 0. The van der Waals surface area contributed by atoms with Crippen LogP contribution in [-0.4, -0.2) is 26.8 Å². The minimum atomic E-state index is -0.526. The Balaban J connectivity index is 2.23. The van der Waals surface area contributed by atoms with Crippen molar-refractivity contribution in [1.82, 2.24) is 9.78 Å². The van der Waals surface area contributed by atoms with Crippen LogP contribution >= 0.6 is 12.2 Å². The number of nitro benzene ring substituents is 1. The van der Waals surface area contributed by atoms with Gasteiger partial charge in [-0.25, -0.2) is 4.68 Å². The zero-order valence-electron chi connectivity index (χ0n) is 15.3. The minimum Gasteiger partial charge on any atom is -0.490 e. The number of ether oxygens (including phenoxy) is 1. The first-order valence-corrected chi connectivity index (χ1v) is 8.75. The van der Waals surface area contributed by atoms with Crippen molar-refractivity contribution in [2.45, 2.75) is 0 Å². The van der Waals surface area contributed by atoms with Crippen LogP contribution in [0.3, 0.4) is 0 Å². The molecule has 0 amide bonds. The topological polar surface area (TPSA) is 120 Å². The van der Waals surface area contributed by atoms with E-state index in [-0.39, 0.29) is 22.0 Å². The molecule has 2 aromatic carbocycles. The van der Waals surface area contributed by atoms with Crippen molar-refractivity contribution >= 4 is 29.0 Å². The summed E-state index contributed by atoms with van der Waals surface area (Å²) in [6, 6.07) is 15.8. The number of benzene rings is 2. The van der Waals surface area contributed by atoms with Crippen molar-refractivity contribution in [3.63, 3.8) is 0 Å². The first kappa shape index (κ1) is 19.7. The molecule has 0 atom stereocenters. The van der Waals surface area contributed by atoms with Crippen LogP contribution in [0.15, 0.2) is 60.3 Å². The summed E-state index contributed by atoms with van der Waals surface area (Å²) in [6.07, 6.45) is 3.22. The quantitative estimate of drug-likeness (QED) is 0.218. The summed E-state index contributed by atoms with van der Waals surface area (Å²) < 4.78 is 6.68. The van der Waals surface area contributed by atoms with Crippen molar-refractivity contribution < 1.29 is 9.66 Å². The third-order valence-electron chi connectivity index (χ3n) is 4.10. The van der Waals surface area contributed by atoms with Crippen molar-refractivity contribution in [1.29, 1.82) is 5.26 Å². The van der Waals surface area contributed by atoms with E-state index in [1.165, 1.54) is 25.3 Å². The number of methoxy groups -OCH3 is 1. The van der Waals surface area contributed by atoms with E-state index in [1.807, 2.05) is 36.4 Å². The summed E-state index contributed by atoms with van der Waals surface area (Å²) >= 11 is 4.92.